The summed E-state index contributed by atoms with van der Waals surface area (Å²) in [6.45, 7) is 4.48. The molecule has 11 heteroatoms. The zero-order chi connectivity index (χ0) is 20.4. The van der Waals surface area contributed by atoms with E-state index in [1.165, 1.54) is 26.0 Å². The van der Waals surface area contributed by atoms with E-state index in [0.29, 0.717) is 5.56 Å². The number of benzene rings is 1. The van der Waals surface area contributed by atoms with Crippen molar-refractivity contribution in [3.05, 3.63) is 50.4 Å². The van der Waals surface area contributed by atoms with Crippen molar-refractivity contribution in [3.63, 3.8) is 0 Å². The van der Waals surface area contributed by atoms with E-state index < -0.39 is 26.6 Å². The first-order valence-electron chi connectivity index (χ1n) is 7.67. The summed E-state index contributed by atoms with van der Waals surface area (Å²) in [5.41, 5.74) is -0.140. The van der Waals surface area contributed by atoms with Crippen LogP contribution in [0.2, 0.25) is 0 Å². The van der Waals surface area contributed by atoms with E-state index in [4.69, 9.17) is 4.74 Å². The molecule has 0 saturated heterocycles. The lowest BCUT2D eigenvalue weighted by atomic mass is 10.1. The summed E-state index contributed by atoms with van der Waals surface area (Å²) in [6.07, 6.45) is 0. The van der Waals surface area contributed by atoms with E-state index in [1.807, 2.05) is 0 Å². The van der Waals surface area contributed by atoms with Crippen molar-refractivity contribution >= 4 is 43.8 Å². The third kappa shape index (κ3) is 4.31. The van der Waals surface area contributed by atoms with Gasteiger partial charge in [0.15, 0.2) is 5.78 Å². The fraction of sp³-hybridized carbons (Fsp3) is 0.250. The van der Waals surface area contributed by atoms with Crippen LogP contribution in [0.1, 0.15) is 39.4 Å². The first kappa shape index (κ1) is 20.5. The summed E-state index contributed by atoms with van der Waals surface area (Å²) in [6, 6.07) is 4.48. The Kier molecular flexibility index (Phi) is 5.96. The van der Waals surface area contributed by atoms with Crippen molar-refractivity contribution in [1.82, 2.24) is 0 Å². The van der Waals surface area contributed by atoms with Crippen molar-refractivity contribution in [2.45, 2.75) is 25.7 Å². The number of rotatable bonds is 7. The molecule has 0 aliphatic heterocycles. The van der Waals surface area contributed by atoms with Crippen LogP contribution < -0.4 is 4.72 Å². The molecule has 9 nitrogen and oxygen atoms in total. The maximum absolute atomic E-state index is 12.6. The Morgan fingerprint density at radius 2 is 2.00 bits per heavy atom. The molecule has 1 heterocycles. The number of nitrogens with one attached hydrogen (secondary N) is 1. The maximum atomic E-state index is 12.6. The largest absolute Gasteiger partial charge is 0.462 e. The highest BCUT2D eigenvalue weighted by atomic mass is 32.2. The molecule has 1 aromatic carbocycles. The van der Waals surface area contributed by atoms with Gasteiger partial charge in [0.2, 0.25) is 0 Å². The molecule has 0 aliphatic carbocycles. The number of carbonyl (C=O) groups excluding carboxylic acids is 2. The number of ketones is 1. The average Bonchev–Trinajstić information content (AvgIpc) is 2.91. The first-order chi connectivity index (χ1) is 12.6. The van der Waals surface area contributed by atoms with Gasteiger partial charge in [-0.05, 0) is 32.4 Å². The van der Waals surface area contributed by atoms with Crippen LogP contribution in [0.3, 0.4) is 0 Å². The van der Waals surface area contributed by atoms with Crippen molar-refractivity contribution in [2.75, 3.05) is 11.3 Å². The summed E-state index contributed by atoms with van der Waals surface area (Å²) in [5.74, 6) is -1.10. The third-order valence-electron chi connectivity index (χ3n) is 3.51. The number of anilines is 1. The van der Waals surface area contributed by atoms with Crippen LogP contribution in [0.5, 0.6) is 0 Å². The van der Waals surface area contributed by atoms with E-state index >= 15 is 0 Å². The molecule has 0 amide bonds. The van der Waals surface area contributed by atoms with Gasteiger partial charge in [0, 0.05) is 12.1 Å². The summed E-state index contributed by atoms with van der Waals surface area (Å²) < 4.78 is 32.5. The number of non-ortho nitro benzene ring substituents is 1. The summed E-state index contributed by atoms with van der Waals surface area (Å²) >= 11 is 0.806. The highest BCUT2D eigenvalue weighted by Crippen LogP contribution is 2.35. The standard InChI is InChI=1S/C16H16N2O7S2/c1-4-25-16(20)13-9(2)14(10(3)19)26-15(13)17-27(23,24)12-7-5-6-11(8-12)18(21)22/h5-8,17H,4H2,1-3H3. The molecule has 0 saturated carbocycles. The minimum atomic E-state index is -4.23. The zero-order valence-electron chi connectivity index (χ0n) is 14.6. The van der Waals surface area contributed by atoms with Gasteiger partial charge in [-0.1, -0.05) is 6.07 Å². The predicted octanol–water partition coefficient (Wildman–Crippen LogP) is 3.14. The Hall–Kier alpha value is -2.79. The van der Waals surface area contributed by atoms with Crippen molar-refractivity contribution in [1.29, 1.82) is 0 Å². The Labute approximate surface area is 159 Å². The van der Waals surface area contributed by atoms with Crippen molar-refractivity contribution < 1.29 is 27.7 Å². The van der Waals surface area contributed by atoms with Gasteiger partial charge < -0.3 is 4.74 Å². The molecule has 27 heavy (non-hydrogen) atoms. The number of nitro groups is 1. The van der Waals surface area contributed by atoms with Gasteiger partial charge in [-0.3, -0.25) is 19.6 Å². The maximum Gasteiger partial charge on any atom is 0.341 e. The van der Waals surface area contributed by atoms with Gasteiger partial charge in [-0.2, -0.15) is 0 Å². The fourth-order valence-corrected chi connectivity index (χ4v) is 4.75. The number of hydrogen-bond donors (Lipinski definition) is 1. The molecule has 0 spiro atoms. The number of esters is 1. The molecule has 2 aromatic rings. The average molecular weight is 412 g/mol. The van der Waals surface area contributed by atoms with Gasteiger partial charge in [0.1, 0.15) is 5.00 Å². The molecular formula is C16H16N2O7S2. The van der Waals surface area contributed by atoms with E-state index in [0.717, 1.165) is 23.5 Å². The van der Waals surface area contributed by atoms with Gasteiger partial charge in [0.25, 0.3) is 15.7 Å². The monoisotopic (exact) mass is 412 g/mol. The summed E-state index contributed by atoms with van der Waals surface area (Å²) in [5, 5.41) is 10.8. The number of carbonyl (C=O) groups is 2. The van der Waals surface area contributed by atoms with Crippen LogP contribution >= 0.6 is 11.3 Å². The van der Waals surface area contributed by atoms with Crippen LogP contribution in [0.25, 0.3) is 0 Å². The second-order valence-electron chi connectivity index (χ2n) is 5.40. The van der Waals surface area contributed by atoms with E-state index in [2.05, 4.69) is 4.72 Å². The molecule has 144 valence electrons. The molecule has 0 radical (unpaired) electrons. The molecule has 0 atom stereocenters. The highest BCUT2D eigenvalue weighted by molar-refractivity contribution is 7.93. The molecule has 1 N–H and O–H groups in total. The molecular weight excluding hydrogens is 396 g/mol. The number of nitro benzene ring substituents is 1. The molecule has 2 rings (SSSR count). The van der Waals surface area contributed by atoms with Crippen LogP contribution in [0, 0.1) is 17.0 Å². The lowest BCUT2D eigenvalue weighted by Crippen LogP contribution is -2.15. The number of nitrogens with zero attached hydrogens (tertiary/aromatic N) is 1. The van der Waals surface area contributed by atoms with Gasteiger partial charge in [-0.25, -0.2) is 13.2 Å². The van der Waals surface area contributed by atoms with Gasteiger partial charge in [-0.15, -0.1) is 11.3 Å². The lowest BCUT2D eigenvalue weighted by molar-refractivity contribution is -0.385. The molecule has 0 fully saturated rings. The third-order valence-corrected chi connectivity index (χ3v) is 6.30. The van der Waals surface area contributed by atoms with Gasteiger partial charge >= 0.3 is 5.97 Å². The first-order valence-corrected chi connectivity index (χ1v) is 9.97. The Morgan fingerprint density at radius 1 is 1.33 bits per heavy atom. The summed E-state index contributed by atoms with van der Waals surface area (Å²) in [4.78, 5) is 34.0. The number of hydrogen-bond acceptors (Lipinski definition) is 8. The van der Waals surface area contributed by atoms with E-state index in [1.54, 1.807) is 6.92 Å². The molecule has 1 aromatic heterocycles. The SMILES string of the molecule is CCOC(=O)c1c(NS(=O)(=O)c2cccc([N+](=O)[O-])c2)sc(C(C)=O)c1C. The lowest BCUT2D eigenvalue weighted by Gasteiger charge is -2.09. The minimum absolute atomic E-state index is 0.0546. The minimum Gasteiger partial charge on any atom is -0.462 e. The Morgan fingerprint density at radius 3 is 2.56 bits per heavy atom. The number of ether oxygens (including phenoxy) is 1. The number of Topliss-reactive ketones (excluding diaryl/α,β-unsaturated/α-hetero) is 1. The molecule has 0 bridgehead atoms. The normalized spacial score (nSPS) is 11.1. The number of sulfonamides is 1. The highest BCUT2D eigenvalue weighted by Gasteiger charge is 2.28. The smallest absolute Gasteiger partial charge is 0.341 e. The van der Waals surface area contributed by atoms with E-state index in [-0.39, 0.29) is 32.7 Å². The zero-order valence-corrected chi connectivity index (χ0v) is 16.3. The van der Waals surface area contributed by atoms with Crippen LogP contribution in [-0.2, 0) is 14.8 Å². The molecule has 0 aliphatic rings. The second kappa shape index (κ2) is 7.84. The van der Waals surface area contributed by atoms with Crippen molar-refractivity contribution in [3.8, 4) is 0 Å². The van der Waals surface area contributed by atoms with Crippen LogP contribution in [-0.4, -0.2) is 31.7 Å². The predicted molar refractivity (Wildman–Crippen MR) is 98.9 cm³/mol. The van der Waals surface area contributed by atoms with Gasteiger partial charge in [0.05, 0.1) is 26.9 Å². The molecule has 0 unspecified atom stereocenters. The Bertz CT molecular complexity index is 1030. The summed E-state index contributed by atoms with van der Waals surface area (Å²) in [7, 11) is -4.23. The topological polar surface area (TPSA) is 133 Å². The quantitative estimate of drug-likeness (QED) is 0.320. The van der Waals surface area contributed by atoms with Crippen molar-refractivity contribution in [2.24, 2.45) is 0 Å². The fourth-order valence-electron chi connectivity index (χ4n) is 2.32. The van der Waals surface area contributed by atoms with Crippen LogP contribution in [0.4, 0.5) is 10.7 Å². The van der Waals surface area contributed by atoms with E-state index in [9.17, 15) is 28.1 Å². The van der Waals surface area contributed by atoms with Crippen LogP contribution in [0.15, 0.2) is 29.2 Å². The second-order valence-corrected chi connectivity index (χ2v) is 8.10. The Balaban J connectivity index is 2.53. The number of thiophene rings is 1.